The highest BCUT2D eigenvalue weighted by Crippen LogP contribution is 2.29. The van der Waals surface area contributed by atoms with Gasteiger partial charge in [0.05, 0.1) is 29.3 Å². The third-order valence-corrected chi connectivity index (χ3v) is 7.12. The predicted octanol–water partition coefficient (Wildman–Crippen LogP) is 1.78. The Kier molecular flexibility index (Phi) is 7.05. The van der Waals surface area contributed by atoms with Gasteiger partial charge in [-0.3, -0.25) is 4.57 Å². The van der Waals surface area contributed by atoms with Crippen LogP contribution in [0.2, 0.25) is 5.02 Å². The number of aliphatic hydroxyl groups is 1. The van der Waals surface area contributed by atoms with Crippen molar-refractivity contribution in [2.45, 2.75) is 13.0 Å². The Morgan fingerprint density at radius 2 is 1.86 bits per heavy atom. The molecular formula is C22H22ClN5O6S. The lowest BCUT2D eigenvalue weighted by Crippen LogP contribution is -2.28. The Bertz CT molecular complexity index is 1520. The van der Waals surface area contributed by atoms with Crippen LogP contribution in [-0.4, -0.2) is 68.8 Å². The number of methoxy groups -OCH3 is 1. The molecule has 0 fully saturated rings. The van der Waals surface area contributed by atoms with Gasteiger partial charge in [-0.2, -0.15) is 0 Å². The first-order valence-corrected chi connectivity index (χ1v) is 12.7. The molecule has 11 nitrogen and oxygen atoms in total. The van der Waals surface area contributed by atoms with E-state index in [4.69, 9.17) is 21.1 Å². The summed E-state index contributed by atoms with van der Waals surface area (Å²) in [5.41, 5.74) is 0.901. The van der Waals surface area contributed by atoms with Crippen LogP contribution in [0.4, 0.5) is 0 Å². The zero-order valence-corrected chi connectivity index (χ0v) is 20.4. The number of halogens is 1. The lowest BCUT2D eigenvalue weighted by Gasteiger charge is -2.15. The molecule has 3 heterocycles. The van der Waals surface area contributed by atoms with Gasteiger partial charge in [-0.05, 0) is 24.3 Å². The lowest BCUT2D eigenvalue weighted by atomic mass is 10.2. The van der Waals surface area contributed by atoms with Gasteiger partial charge < -0.3 is 14.6 Å². The Labute approximate surface area is 205 Å². The van der Waals surface area contributed by atoms with E-state index >= 15 is 0 Å². The Morgan fingerprint density at radius 3 is 2.54 bits per heavy atom. The molecule has 1 aromatic carbocycles. The fourth-order valence-corrected chi connectivity index (χ4v) is 4.38. The van der Waals surface area contributed by atoms with Crippen LogP contribution in [-0.2, 0) is 9.84 Å². The van der Waals surface area contributed by atoms with E-state index in [0.29, 0.717) is 27.9 Å². The summed E-state index contributed by atoms with van der Waals surface area (Å²) in [7, 11) is -1.92. The van der Waals surface area contributed by atoms with E-state index < -0.39 is 27.4 Å². The van der Waals surface area contributed by atoms with E-state index in [9.17, 15) is 18.3 Å². The quantitative estimate of drug-likeness (QED) is 0.350. The van der Waals surface area contributed by atoms with Crippen molar-refractivity contribution in [3.63, 3.8) is 0 Å². The molecule has 0 aliphatic heterocycles. The fourth-order valence-electron chi connectivity index (χ4n) is 3.37. The molecule has 13 heteroatoms. The average Bonchev–Trinajstić information content (AvgIpc) is 3.28. The molecule has 3 aromatic heterocycles. The summed E-state index contributed by atoms with van der Waals surface area (Å²) in [4.78, 5) is 26.1. The minimum atomic E-state index is -3.35. The van der Waals surface area contributed by atoms with Crippen LogP contribution in [0.15, 0.2) is 53.8 Å². The third kappa shape index (κ3) is 5.29. The Hall–Kier alpha value is -3.48. The molecule has 0 saturated carbocycles. The van der Waals surface area contributed by atoms with Crippen LogP contribution in [0.3, 0.4) is 0 Å². The molecule has 184 valence electrons. The van der Waals surface area contributed by atoms with E-state index in [0.717, 1.165) is 0 Å². The monoisotopic (exact) mass is 519 g/mol. The highest BCUT2D eigenvalue weighted by molar-refractivity contribution is 7.91. The summed E-state index contributed by atoms with van der Waals surface area (Å²) in [5.74, 6) is 0.414. The third-order valence-electron chi connectivity index (χ3n) is 5.16. The van der Waals surface area contributed by atoms with Gasteiger partial charge >= 0.3 is 5.69 Å². The number of aromatic nitrogens is 5. The van der Waals surface area contributed by atoms with Crippen LogP contribution in [0.1, 0.15) is 6.92 Å². The predicted molar refractivity (Wildman–Crippen MR) is 129 cm³/mol. The number of rotatable bonds is 9. The Morgan fingerprint density at radius 1 is 1.11 bits per heavy atom. The lowest BCUT2D eigenvalue weighted by molar-refractivity contribution is 0.123. The molecule has 4 aromatic rings. The van der Waals surface area contributed by atoms with Crippen molar-refractivity contribution in [1.82, 2.24) is 23.9 Å². The van der Waals surface area contributed by atoms with Crippen LogP contribution in [0.5, 0.6) is 11.5 Å². The number of sulfone groups is 1. The highest BCUT2D eigenvalue weighted by Gasteiger charge is 2.18. The topological polar surface area (TPSA) is 138 Å². The molecule has 0 aliphatic rings. The SMILES string of the molecule is CCS(=O)(=O)CC(O)COc1ccc(-n2cnc3ccc(-c4ncc(Cl)cn4)n3c2=O)cc1OC. The molecule has 0 aliphatic carbocycles. The smallest absolute Gasteiger partial charge is 0.340 e. The van der Waals surface area contributed by atoms with Gasteiger partial charge in [-0.1, -0.05) is 18.5 Å². The second-order valence-electron chi connectivity index (χ2n) is 7.53. The first-order chi connectivity index (χ1) is 16.7. The second kappa shape index (κ2) is 10.0. The fraction of sp³-hybridized carbons (Fsp3) is 0.273. The molecule has 4 rings (SSSR count). The maximum Gasteiger partial charge on any atom is 0.340 e. The first kappa shape index (κ1) is 24.6. The standard InChI is InChI=1S/C22H22ClN5O6S/c1-3-35(31,32)12-16(29)11-34-18-6-4-15(8-19(18)33-2)27-13-26-20-7-5-17(28(20)22(27)30)21-24-9-14(23)10-25-21/h4-10,13,16,29H,3,11-12H2,1-2H3. The minimum absolute atomic E-state index is 0.0670. The van der Waals surface area contributed by atoms with Crippen LogP contribution < -0.4 is 15.2 Å². The molecule has 1 atom stereocenters. The number of fused-ring (bicyclic) bond motifs is 1. The number of hydrogen-bond donors (Lipinski definition) is 1. The molecule has 0 spiro atoms. The van der Waals surface area contributed by atoms with E-state index in [1.54, 1.807) is 30.3 Å². The van der Waals surface area contributed by atoms with Gasteiger partial charge in [0.15, 0.2) is 27.2 Å². The minimum Gasteiger partial charge on any atom is -0.493 e. The van der Waals surface area contributed by atoms with Crippen molar-refractivity contribution in [1.29, 1.82) is 0 Å². The van der Waals surface area contributed by atoms with Crippen molar-refractivity contribution in [2.24, 2.45) is 0 Å². The number of hydrogen-bond acceptors (Lipinski definition) is 9. The van der Waals surface area contributed by atoms with Gasteiger partial charge in [0, 0.05) is 24.2 Å². The summed E-state index contributed by atoms with van der Waals surface area (Å²) < 4.78 is 37.0. The molecule has 0 radical (unpaired) electrons. The summed E-state index contributed by atoms with van der Waals surface area (Å²) in [6, 6.07) is 8.12. The number of nitrogens with zero attached hydrogens (tertiary/aromatic N) is 5. The number of ether oxygens (including phenoxy) is 2. The summed E-state index contributed by atoms with van der Waals surface area (Å²) in [6.07, 6.45) is 3.08. The molecule has 0 amide bonds. The molecule has 35 heavy (non-hydrogen) atoms. The second-order valence-corrected chi connectivity index (χ2v) is 10.4. The summed E-state index contributed by atoms with van der Waals surface area (Å²) in [6.45, 7) is 1.27. The van der Waals surface area contributed by atoms with Crippen molar-refractivity contribution in [3.05, 3.63) is 64.6 Å². The van der Waals surface area contributed by atoms with Crippen molar-refractivity contribution in [2.75, 3.05) is 25.2 Å². The number of aliphatic hydroxyl groups excluding tert-OH is 1. The normalized spacial score (nSPS) is 12.6. The van der Waals surface area contributed by atoms with Crippen molar-refractivity contribution >= 4 is 27.1 Å². The van der Waals surface area contributed by atoms with Crippen molar-refractivity contribution < 1.29 is 23.0 Å². The van der Waals surface area contributed by atoms with E-state index in [1.165, 1.54) is 41.7 Å². The maximum atomic E-state index is 13.4. The molecule has 1 unspecified atom stereocenters. The number of benzene rings is 1. The van der Waals surface area contributed by atoms with Gasteiger partial charge in [-0.25, -0.2) is 32.6 Å². The molecule has 0 bridgehead atoms. The zero-order chi connectivity index (χ0) is 25.2. The van der Waals surface area contributed by atoms with E-state index in [-0.39, 0.29) is 23.9 Å². The van der Waals surface area contributed by atoms with Gasteiger partial charge in [0.1, 0.15) is 24.7 Å². The largest absolute Gasteiger partial charge is 0.493 e. The molecule has 1 N–H and O–H groups in total. The summed E-state index contributed by atoms with van der Waals surface area (Å²) >= 11 is 5.87. The Balaban J connectivity index is 1.65. The highest BCUT2D eigenvalue weighted by atomic mass is 35.5. The molecule has 0 saturated heterocycles. The maximum absolute atomic E-state index is 13.4. The van der Waals surface area contributed by atoms with E-state index in [2.05, 4.69) is 15.0 Å². The zero-order valence-electron chi connectivity index (χ0n) is 18.8. The van der Waals surface area contributed by atoms with Crippen LogP contribution >= 0.6 is 11.6 Å². The summed E-state index contributed by atoms with van der Waals surface area (Å²) in [5, 5.41) is 10.4. The van der Waals surface area contributed by atoms with Crippen LogP contribution in [0.25, 0.3) is 22.9 Å². The van der Waals surface area contributed by atoms with Gasteiger partial charge in [-0.15, -0.1) is 0 Å². The first-order valence-electron chi connectivity index (χ1n) is 10.5. The van der Waals surface area contributed by atoms with E-state index in [1.807, 2.05) is 0 Å². The average molecular weight is 520 g/mol. The van der Waals surface area contributed by atoms with Gasteiger partial charge in [0.2, 0.25) is 0 Å². The van der Waals surface area contributed by atoms with Crippen LogP contribution in [0, 0.1) is 0 Å². The molecular weight excluding hydrogens is 498 g/mol. The van der Waals surface area contributed by atoms with Crippen molar-refractivity contribution in [3.8, 4) is 28.7 Å². The van der Waals surface area contributed by atoms with Gasteiger partial charge in [0.25, 0.3) is 0 Å².